The van der Waals surface area contributed by atoms with Gasteiger partial charge < -0.3 is 5.32 Å². The average Bonchev–Trinajstić information content (AvgIpc) is 2.82. The van der Waals surface area contributed by atoms with Crippen molar-refractivity contribution < 1.29 is 4.79 Å². The Hall–Kier alpha value is -0.740. The van der Waals surface area contributed by atoms with E-state index in [0.717, 1.165) is 36.0 Å². The molecule has 0 amide bonds. The number of hydrogen-bond donors (Lipinski definition) is 1. The maximum absolute atomic E-state index is 12.3. The second kappa shape index (κ2) is 5.27. The summed E-state index contributed by atoms with van der Waals surface area (Å²) in [5.41, 5.74) is 0.550. The third-order valence-electron chi connectivity index (χ3n) is 3.51. The zero-order valence-electron chi connectivity index (χ0n) is 10.0. The van der Waals surface area contributed by atoms with Crippen molar-refractivity contribution in [2.45, 2.75) is 38.1 Å². The van der Waals surface area contributed by atoms with E-state index in [4.69, 9.17) is 0 Å². The molecular weight excluding hydrogens is 280 g/mol. The fourth-order valence-corrected chi connectivity index (χ4v) is 2.62. The molecule has 1 unspecified atom stereocenters. The van der Waals surface area contributed by atoms with E-state index >= 15 is 0 Å². The molecule has 0 bridgehead atoms. The Bertz CT molecular complexity index is 396. The Kier molecular flexibility index (Phi) is 3.94. The summed E-state index contributed by atoms with van der Waals surface area (Å²) >= 11 is 3.34. The van der Waals surface area contributed by atoms with Crippen LogP contribution in [0.4, 0.5) is 0 Å². The zero-order chi connectivity index (χ0) is 12.3. The monoisotopic (exact) mass is 296 g/mol. The van der Waals surface area contributed by atoms with E-state index in [2.05, 4.69) is 33.2 Å². The summed E-state index contributed by atoms with van der Waals surface area (Å²) in [5.74, 6) is 0.271. The number of Topliss-reactive ketones (excluding diaryl/α,β-unsaturated/α-hetero) is 1. The predicted octanol–water partition coefficient (Wildman–Crippen LogP) is 2.49. The molecule has 92 valence electrons. The third-order valence-corrected chi connectivity index (χ3v) is 3.98. The highest BCUT2D eigenvalue weighted by Gasteiger charge is 2.38. The van der Waals surface area contributed by atoms with Crippen LogP contribution < -0.4 is 5.32 Å². The second-order valence-electron chi connectivity index (χ2n) is 4.53. The normalized spacial score (nSPS) is 23.9. The van der Waals surface area contributed by atoms with Crippen molar-refractivity contribution >= 4 is 21.7 Å². The van der Waals surface area contributed by atoms with Gasteiger partial charge in [0.2, 0.25) is 0 Å². The van der Waals surface area contributed by atoms with E-state index in [1.807, 2.05) is 12.1 Å². The van der Waals surface area contributed by atoms with Gasteiger partial charge in [0.15, 0.2) is 5.78 Å². The highest BCUT2D eigenvalue weighted by atomic mass is 79.9. The lowest BCUT2D eigenvalue weighted by Gasteiger charge is -2.26. The maximum Gasteiger partial charge on any atom is 0.158 e. The van der Waals surface area contributed by atoms with Crippen LogP contribution in [0.3, 0.4) is 0 Å². The molecule has 1 aliphatic rings. The average molecular weight is 297 g/mol. The molecule has 0 spiro atoms. The van der Waals surface area contributed by atoms with Crippen molar-refractivity contribution in [3.63, 3.8) is 0 Å². The Balaban J connectivity index is 2.08. The van der Waals surface area contributed by atoms with E-state index < -0.39 is 0 Å². The van der Waals surface area contributed by atoms with Crippen molar-refractivity contribution in [3.8, 4) is 0 Å². The van der Waals surface area contributed by atoms with Gasteiger partial charge in [0.25, 0.3) is 0 Å². The quantitative estimate of drug-likeness (QED) is 0.928. The van der Waals surface area contributed by atoms with E-state index in [1.54, 1.807) is 6.20 Å². The number of hydrogen-bond acceptors (Lipinski definition) is 3. The molecule has 1 aliphatic heterocycles. The van der Waals surface area contributed by atoms with Crippen LogP contribution in [-0.4, -0.2) is 22.9 Å². The van der Waals surface area contributed by atoms with Gasteiger partial charge in [0.05, 0.1) is 12.0 Å². The first-order valence-corrected chi connectivity index (χ1v) is 6.84. The van der Waals surface area contributed by atoms with Crippen LogP contribution in [0.1, 0.15) is 31.9 Å². The Morgan fingerprint density at radius 3 is 2.94 bits per heavy atom. The molecule has 0 saturated carbocycles. The lowest BCUT2D eigenvalue weighted by molar-refractivity contribution is -0.124. The summed E-state index contributed by atoms with van der Waals surface area (Å²) in [6, 6.07) is 3.83. The predicted molar refractivity (Wildman–Crippen MR) is 70.9 cm³/mol. The van der Waals surface area contributed by atoms with Gasteiger partial charge in [-0.05, 0) is 53.9 Å². The van der Waals surface area contributed by atoms with Gasteiger partial charge >= 0.3 is 0 Å². The molecule has 4 heteroatoms. The first-order valence-electron chi connectivity index (χ1n) is 6.05. The molecule has 0 radical (unpaired) electrons. The number of carbonyl (C=O) groups is 1. The zero-order valence-corrected chi connectivity index (χ0v) is 11.6. The van der Waals surface area contributed by atoms with Crippen molar-refractivity contribution in [2.75, 3.05) is 6.54 Å². The highest BCUT2D eigenvalue weighted by molar-refractivity contribution is 9.10. The van der Waals surface area contributed by atoms with Crippen molar-refractivity contribution in [3.05, 3.63) is 28.5 Å². The fourth-order valence-electron chi connectivity index (χ4n) is 2.39. The van der Waals surface area contributed by atoms with Crippen LogP contribution in [0.15, 0.2) is 22.8 Å². The van der Waals surface area contributed by atoms with Crippen LogP contribution in [0.5, 0.6) is 0 Å². The lowest BCUT2D eigenvalue weighted by atomic mass is 9.87. The molecule has 2 heterocycles. The Labute approximate surface area is 110 Å². The fraction of sp³-hybridized carbons (Fsp3) is 0.538. The minimum Gasteiger partial charge on any atom is -0.305 e. The molecule has 1 aromatic rings. The summed E-state index contributed by atoms with van der Waals surface area (Å²) < 4.78 is 0.942. The smallest absolute Gasteiger partial charge is 0.158 e. The summed E-state index contributed by atoms with van der Waals surface area (Å²) in [5, 5.41) is 3.36. The number of nitrogens with zero attached hydrogens (tertiary/aromatic N) is 1. The molecule has 1 aromatic heterocycles. The van der Waals surface area contributed by atoms with Crippen LogP contribution in [0.25, 0.3) is 0 Å². The van der Waals surface area contributed by atoms with E-state index in [-0.39, 0.29) is 11.3 Å². The minimum atomic E-state index is -0.297. The number of carbonyl (C=O) groups excluding carboxylic acids is 1. The topological polar surface area (TPSA) is 42.0 Å². The van der Waals surface area contributed by atoms with Crippen molar-refractivity contribution in [1.29, 1.82) is 0 Å². The number of rotatable bonds is 4. The Morgan fingerprint density at radius 2 is 2.41 bits per heavy atom. The molecular formula is C13H17BrN2O. The summed E-state index contributed by atoms with van der Waals surface area (Å²) in [6.07, 6.45) is 5.08. The van der Waals surface area contributed by atoms with Gasteiger partial charge in [0.1, 0.15) is 0 Å². The molecule has 1 saturated heterocycles. The van der Waals surface area contributed by atoms with Crippen LogP contribution in [0, 0.1) is 0 Å². The van der Waals surface area contributed by atoms with Crippen LogP contribution >= 0.6 is 15.9 Å². The standard InChI is InChI=1S/C13H17BrN2O/c1-2-13(6-3-7-16-13)12(17)8-11-5-4-10(14)9-15-11/h4-5,9,16H,2-3,6-8H2,1H3. The van der Waals surface area contributed by atoms with Crippen LogP contribution in [0.2, 0.25) is 0 Å². The summed E-state index contributed by atoms with van der Waals surface area (Å²) in [7, 11) is 0. The van der Waals surface area contributed by atoms with Crippen LogP contribution in [-0.2, 0) is 11.2 Å². The number of nitrogens with one attached hydrogen (secondary N) is 1. The second-order valence-corrected chi connectivity index (χ2v) is 5.45. The SMILES string of the molecule is CCC1(C(=O)Cc2ccc(Br)cn2)CCCN1. The highest BCUT2D eigenvalue weighted by Crippen LogP contribution is 2.25. The molecule has 0 aliphatic carbocycles. The lowest BCUT2D eigenvalue weighted by Crippen LogP contribution is -2.47. The van der Waals surface area contributed by atoms with Gasteiger partial charge in [-0.3, -0.25) is 9.78 Å². The van der Waals surface area contributed by atoms with Gasteiger partial charge in [-0.1, -0.05) is 6.92 Å². The molecule has 0 aromatic carbocycles. The minimum absolute atomic E-state index is 0.271. The van der Waals surface area contributed by atoms with Gasteiger partial charge in [-0.15, -0.1) is 0 Å². The van der Waals surface area contributed by atoms with Gasteiger partial charge in [-0.25, -0.2) is 0 Å². The summed E-state index contributed by atoms with van der Waals surface area (Å²) in [6.45, 7) is 3.03. The Morgan fingerprint density at radius 1 is 1.59 bits per heavy atom. The van der Waals surface area contributed by atoms with E-state index in [1.165, 1.54) is 0 Å². The van der Waals surface area contributed by atoms with E-state index in [9.17, 15) is 4.79 Å². The number of aromatic nitrogens is 1. The maximum atomic E-state index is 12.3. The molecule has 1 N–H and O–H groups in total. The third kappa shape index (κ3) is 2.75. The largest absolute Gasteiger partial charge is 0.305 e. The molecule has 17 heavy (non-hydrogen) atoms. The number of ketones is 1. The molecule has 1 atom stereocenters. The molecule has 3 nitrogen and oxygen atoms in total. The number of pyridine rings is 1. The van der Waals surface area contributed by atoms with Gasteiger partial charge in [-0.2, -0.15) is 0 Å². The van der Waals surface area contributed by atoms with Crippen molar-refractivity contribution in [1.82, 2.24) is 10.3 Å². The first kappa shape index (κ1) is 12.7. The van der Waals surface area contributed by atoms with E-state index in [0.29, 0.717) is 6.42 Å². The number of halogens is 1. The summed E-state index contributed by atoms with van der Waals surface area (Å²) in [4.78, 5) is 16.6. The first-order chi connectivity index (χ1) is 8.16. The van der Waals surface area contributed by atoms with Crippen molar-refractivity contribution in [2.24, 2.45) is 0 Å². The molecule has 2 rings (SSSR count). The molecule has 1 fully saturated rings. The van der Waals surface area contributed by atoms with Gasteiger partial charge in [0, 0.05) is 16.4 Å².